The second-order valence-corrected chi connectivity index (χ2v) is 6.36. The van der Waals surface area contributed by atoms with Crippen LogP contribution in [0.1, 0.15) is 54.8 Å². The van der Waals surface area contributed by atoms with Gasteiger partial charge in [0.1, 0.15) is 5.78 Å². The summed E-state index contributed by atoms with van der Waals surface area (Å²) in [6, 6.07) is 6.77. The van der Waals surface area contributed by atoms with E-state index in [9.17, 15) is 14.4 Å². The number of carbonyl (C=O) groups excluding carboxylic acids is 3. The number of hydrogen-bond acceptors (Lipinski definition) is 3. The molecular formula is C17H21NO3. The minimum atomic E-state index is -0.446. The molecule has 4 heteroatoms. The summed E-state index contributed by atoms with van der Waals surface area (Å²) >= 11 is 0. The summed E-state index contributed by atoms with van der Waals surface area (Å²) in [4.78, 5) is 37.9. The molecule has 112 valence electrons. The van der Waals surface area contributed by atoms with Crippen molar-refractivity contribution in [2.24, 2.45) is 11.3 Å². The van der Waals surface area contributed by atoms with E-state index in [1.54, 1.807) is 24.3 Å². The lowest BCUT2D eigenvalue weighted by atomic mass is 9.76. The number of amides is 2. The Labute approximate surface area is 125 Å². The van der Waals surface area contributed by atoms with E-state index in [2.05, 4.69) is 0 Å². The van der Waals surface area contributed by atoms with Gasteiger partial charge in [-0.3, -0.25) is 19.3 Å². The topological polar surface area (TPSA) is 54.5 Å². The van der Waals surface area contributed by atoms with Crippen molar-refractivity contribution in [1.29, 1.82) is 0 Å². The number of imide groups is 1. The smallest absolute Gasteiger partial charge is 0.261 e. The molecule has 1 aliphatic heterocycles. The van der Waals surface area contributed by atoms with Crippen LogP contribution in [0, 0.1) is 11.3 Å². The van der Waals surface area contributed by atoms with Crippen molar-refractivity contribution in [3.05, 3.63) is 35.4 Å². The number of nitrogens with zero attached hydrogens (tertiary/aromatic N) is 1. The maximum atomic E-state index is 12.3. The minimum Gasteiger partial charge on any atom is -0.299 e. The average Bonchev–Trinajstić information content (AvgIpc) is 2.69. The molecule has 2 rings (SSSR count). The molecule has 0 spiro atoms. The Hall–Kier alpha value is -1.97. The number of benzene rings is 1. The van der Waals surface area contributed by atoms with Gasteiger partial charge in [-0.25, -0.2) is 0 Å². The zero-order valence-electron chi connectivity index (χ0n) is 13.0. The molecule has 0 aromatic heterocycles. The molecule has 4 nitrogen and oxygen atoms in total. The van der Waals surface area contributed by atoms with Gasteiger partial charge in [0.2, 0.25) is 0 Å². The van der Waals surface area contributed by atoms with E-state index in [-0.39, 0.29) is 36.5 Å². The number of ketones is 1. The molecule has 0 N–H and O–H groups in total. The van der Waals surface area contributed by atoms with Gasteiger partial charge < -0.3 is 0 Å². The van der Waals surface area contributed by atoms with Crippen molar-refractivity contribution in [2.45, 2.75) is 34.1 Å². The number of rotatable bonds is 5. The quantitative estimate of drug-likeness (QED) is 0.782. The summed E-state index contributed by atoms with van der Waals surface area (Å²) in [6.45, 7) is 7.96. The van der Waals surface area contributed by atoms with Crippen molar-refractivity contribution >= 4 is 17.6 Å². The first-order valence-corrected chi connectivity index (χ1v) is 7.25. The molecule has 0 bridgehead atoms. The normalized spacial score (nSPS) is 14.8. The van der Waals surface area contributed by atoms with Gasteiger partial charge in [0.25, 0.3) is 11.8 Å². The Morgan fingerprint density at radius 3 is 2.00 bits per heavy atom. The largest absolute Gasteiger partial charge is 0.299 e. The molecule has 0 unspecified atom stereocenters. The number of hydrogen-bond donors (Lipinski definition) is 0. The van der Waals surface area contributed by atoms with Gasteiger partial charge in [-0.2, -0.15) is 0 Å². The number of Topliss-reactive ketones (excluding diaryl/α,β-unsaturated/α-hetero) is 1. The molecule has 2 amide bonds. The summed E-state index contributed by atoms with van der Waals surface area (Å²) < 4.78 is 0. The molecule has 1 aromatic rings. The Bertz CT molecular complexity index is 567. The van der Waals surface area contributed by atoms with Gasteiger partial charge in [-0.05, 0) is 18.1 Å². The average molecular weight is 287 g/mol. The fourth-order valence-corrected chi connectivity index (χ4v) is 2.30. The van der Waals surface area contributed by atoms with E-state index in [1.807, 2.05) is 27.7 Å². The molecule has 0 fully saturated rings. The van der Waals surface area contributed by atoms with Crippen LogP contribution in [0.2, 0.25) is 0 Å². The van der Waals surface area contributed by atoms with Gasteiger partial charge in [0, 0.05) is 18.4 Å². The van der Waals surface area contributed by atoms with Crippen LogP contribution in [0.4, 0.5) is 0 Å². The first kappa shape index (κ1) is 15.4. The molecule has 1 aromatic carbocycles. The van der Waals surface area contributed by atoms with Crippen molar-refractivity contribution < 1.29 is 14.4 Å². The van der Waals surface area contributed by atoms with E-state index in [4.69, 9.17) is 0 Å². The van der Waals surface area contributed by atoms with Crippen molar-refractivity contribution in [3.63, 3.8) is 0 Å². The molecule has 0 saturated carbocycles. The third kappa shape index (κ3) is 2.62. The van der Waals surface area contributed by atoms with E-state index in [1.165, 1.54) is 4.90 Å². The number of carbonyl (C=O) groups is 3. The van der Waals surface area contributed by atoms with Crippen LogP contribution >= 0.6 is 0 Å². The summed E-state index contributed by atoms with van der Waals surface area (Å²) in [5, 5.41) is 0. The molecule has 0 atom stereocenters. The van der Waals surface area contributed by atoms with E-state index < -0.39 is 5.41 Å². The lowest BCUT2D eigenvalue weighted by Crippen LogP contribution is -2.36. The predicted octanol–water partition coefficient (Wildman–Crippen LogP) is 2.92. The highest BCUT2D eigenvalue weighted by Crippen LogP contribution is 2.29. The van der Waals surface area contributed by atoms with Crippen LogP contribution in [-0.2, 0) is 4.79 Å². The zero-order chi connectivity index (χ0) is 15.8. The van der Waals surface area contributed by atoms with Gasteiger partial charge in [-0.1, -0.05) is 39.8 Å². The fourth-order valence-electron chi connectivity index (χ4n) is 2.30. The third-order valence-corrected chi connectivity index (χ3v) is 4.60. The van der Waals surface area contributed by atoms with Crippen LogP contribution in [0.3, 0.4) is 0 Å². The molecule has 21 heavy (non-hydrogen) atoms. The molecule has 0 aliphatic carbocycles. The molecule has 1 aliphatic rings. The Balaban J connectivity index is 2.08. The fraction of sp³-hybridized carbons (Fsp3) is 0.471. The maximum absolute atomic E-state index is 12.3. The molecule has 1 heterocycles. The van der Waals surface area contributed by atoms with Gasteiger partial charge >= 0.3 is 0 Å². The van der Waals surface area contributed by atoms with Crippen LogP contribution in [0.25, 0.3) is 0 Å². The van der Waals surface area contributed by atoms with Crippen LogP contribution in [-0.4, -0.2) is 29.0 Å². The Kier molecular flexibility index (Phi) is 3.99. The lowest BCUT2D eigenvalue weighted by molar-refractivity contribution is -0.129. The van der Waals surface area contributed by atoms with Crippen molar-refractivity contribution in [3.8, 4) is 0 Å². The number of fused-ring (bicyclic) bond motifs is 1. The third-order valence-electron chi connectivity index (χ3n) is 4.60. The monoisotopic (exact) mass is 287 g/mol. The first-order valence-electron chi connectivity index (χ1n) is 7.25. The summed E-state index contributed by atoms with van der Waals surface area (Å²) in [7, 11) is 0. The maximum Gasteiger partial charge on any atom is 0.261 e. The zero-order valence-corrected chi connectivity index (χ0v) is 13.0. The van der Waals surface area contributed by atoms with Gasteiger partial charge in [-0.15, -0.1) is 0 Å². The summed E-state index contributed by atoms with van der Waals surface area (Å²) in [5.41, 5.74) is 0.412. The SMILES string of the molecule is CC(C)C(C)(C)C(=O)CCN1C(=O)c2ccccc2C1=O. The van der Waals surface area contributed by atoms with Crippen molar-refractivity contribution in [2.75, 3.05) is 6.54 Å². The highest BCUT2D eigenvalue weighted by Gasteiger charge is 2.37. The Morgan fingerprint density at radius 1 is 1.10 bits per heavy atom. The van der Waals surface area contributed by atoms with Crippen LogP contribution in [0.15, 0.2) is 24.3 Å². The van der Waals surface area contributed by atoms with E-state index in [0.29, 0.717) is 11.1 Å². The highest BCUT2D eigenvalue weighted by molar-refractivity contribution is 6.21. The molecule has 0 radical (unpaired) electrons. The van der Waals surface area contributed by atoms with E-state index in [0.717, 1.165) is 0 Å². The summed E-state index contributed by atoms with van der Waals surface area (Å²) in [6.07, 6.45) is 0.205. The minimum absolute atomic E-state index is 0.0778. The Morgan fingerprint density at radius 2 is 1.57 bits per heavy atom. The van der Waals surface area contributed by atoms with Gasteiger partial charge in [0.05, 0.1) is 11.1 Å². The predicted molar refractivity (Wildman–Crippen MR) is 80.1 cm³/mol. The second-order valence-electron chi connectivity index (χ2n) is 6.36. The molecule has 0 saturated heterocycles. The highest BCUT2D eigenvalue weighted by atomic mass is 16.2. The second kappa shape index (κ2) is 5.43. The molecular weight excluding hydrogens is 266 g/mol. The van der Waals surface area contributed by atoms with E-state index >= 15 is 0 Å². The standard InChI is InChI=1S/C17H21NO3/c1-11(2)17(3,4)14(19)9-10-18-15(20)12-7-5-6-8-13(12)16(18)21/h5-8,11H,9-10H2,1-4H3. The van der Waals surface area contributed by atoms with Crippen LogP contribution < -0.4 is 0 Å². The summed E-state index contributed by atoms with van der Waals surface area (Å²) in [5.74, 6) is -0.308. The van der Waals surface area contributed by atoms with Gasteiger partial charge in [0.15, 0.2) is 0 Å². The van der Waals surface area contributed by atoms with Crippen molar-refractivity contribution in [1.82, 2.24) is 4.90 Å². The lowest BCUT2D eigenvalue weighted by Gasteiger charge is -2.28. The first-order chi connectivity index (χ1) is 9.76. The van der Waals surface area contributed by atoms with Crippen LogP contribution in [0.5, 0.6) is 0 Å².